The van der Waals surface area contributed by atoms with Crippen LogP contribution < -0.4 is 0 Å². The molecule has 0 heterocycles. The van der Waals surface area contributed by atoms with Crippen LogP contribution in [0.5, 0.6) is 0 Å². The number of aliphatic carboxylic acids is 1. The number of carbonyl (C=O) groups is 1. The van der Waals surface area contributed by atoms with E-state index in [1.807, 2.05) is 6.92 Å². The lowest BCUT2D eigenvalue weighted by atomic mass is 9.99. The van der Waals surface area contributed by atoms with E-state index in [2.05, 4.69) is 0 Å². The van der Waals surface area contributed by atoms with Crippen molar-refractivity contribution in [1.82, 2.24) is 0 Å². The molecule has 0 aromatic heterocycles. The van der Waals surface area contributed by atoms with Crippen LogP contribution in [0.4, 0.5) is 0 Å². The summed E-state index contributed by atoms with van der Waals surface area (Å²) in [5, 5.41) is 16.5. The van der Waals surface area contributed by atoms with Crippen molar-refractivity contribution in [3.8, 4) is 0 Å². The number of hydrogen-bond acceptors (Lipinski definition) is 2. The molecule has 1 aliphatic rings. The molecule has 0 bridgehead atoms. The highest BCUT2D eigenvalue weighted by Gasteiger charge is 2.05. The van der Waals surface area contributed by atoms with Gasteiger partial charge in [0.1, 0.15) is 0 Å². The largest absolute Gasteiger partial charge is 0.512 e. The number of hydrogen-bond donors (Lipinski definition) is 2. The van der Waals surface area contributed by atoms with Gasteiger partial charge in [-0.2, -0.15) is 0 Å². The average Bonchev–Trinajstić information content (AvgIpc) is 1.94. The van der Waals surface area contributed by atoms with Gasteiger partial charge in [0.05, 0.1) is 5.76 Å². The van der Waals surface area contributed by atoms with Crippen LogP contribution in [0, 0.1) is 0 Å². The highest BCUT2D eigenvalue weighted by atomic mass is 16.4. The molecule has 2 N–H and O–H groups in total. The number of rotatable bonds is 0. The van der Waals surface area contributed by atoms with E-state index < -0.39 is 5.97 Å². The normalized spacial score (nSPS) is 16.5. The van der Waals surface area contributed by atoms with Crippen molar-refractivity contribution in [1.29, 1.82) is 0 Å². The van der Waals surface area contributed by atoms with Gasteiger partial charge >= 0.3 is 0 Å². The quantitative estimate of drug-likeness (QED) is 0.590. The number of allylic oxidation sites excluding steroid dienone is 2. The lowest BCUT2D eigenvalue weighted by molar-refractivity contribution is -0.134. The Kier molecular flexibility index (Phi) is 5.17. The first-order chi connectivity index (χ1) is 5.54. The number of carboxylic acids is 1. The van der Waals surface area contributed by atoms with E-state index in [1.54, 1.807) is 0 Å². The first-order valence-corrected chi connectivity index (χ1v) is 4.11. The summed E-state index contributed by atoms with van der Waals surface area (Å²) in [4.78, 5) is 9.00. The molecule has 0 unspecified atom stereocenters. The van der Waals surface area contributed by atoms with Crippen molar-refractivity contribution in [3.05, 3.63) is 11.3 Å². The molecule has 0 fully saturated rings. The Balaban J connectivity index is 0.000000261. The molecular formula is C9H16O3. The van der Waals surface area contributed by atoms with Crippen molar-refractivity contribution in [2.45, 2.75) is 39.5 Å². The van der Waals surface area contributed by atoms with E-state index in [4.69, 9.17) is 15.0 Å². The van der Waals surface area contributed by atoms with Gasteiger partial charge < -0.3 is 10.2 Å². The van der Waals surface area contributed by atoms with Crippen molar-refractivity contribution in [2.24, 2.45) is 0 Å². The summed E-state index contributed by atoms with van der Waals surface area (Å²) in [5.41, 5.74) is 1.19. The Morgan fingerprint density at radius 1 is 1.33 bits per heavy atom. The summed E-state index contributed by atoms with van der Waals surface area (Å²) in [6.45, 7) is 3.09. The molecular weight excluding hydrogens is 156 g/mol. The van der Waals surface area contributed by atoms with Crippen LogP contribution in [0.25, 0.3) is 0 Å². The Labute approximate surface area is 72.7 Å². The molecule has 1 aliphatic carbocycles. The molecule has 70 valence electrons. The Hall–Kier alpha value is -0.990. The van der Waals surface area contributed by atoms with Crippen LogP contribution >= 0.6 is 0 Å². The van der Waals surface area contributed by atoms with Gasteiger partial charge in [-0.15, -0.1) is 0 Å². The van der Waals surface area contributed by atoms with Gasteiger partial charge in [-0.3, -0.25) is 4.79 Å². The standard InChI is InChI=1S/C7H12O.C2H4O2/c1-6-4-2-3-5-7(6)8;1-2(3)4/h8H,2-5H2,1H3;1H3,(H,3,4). The van der Waals surface area contributed by atoms with Crippen LogP contribution in [0.15, 0.2) is 11.3 Å². The fourth-order valence-electron chi connectivity index (χ4n) is 1.04. The molecule has 0 aromatic rings. The summed E-state index contributed by atoms with van der Waals surface area (Å²) < 4.78 is 0. The van der Waals surface area contributed by atoms with Crippen molar-refractivity contribution in [3.63, 3.8) is 0 Å². The summed E-state index contributed by atoms with van der Waals surface area (Å²) >= 11 is 0. The second-order valence-corrected chi connectivity index (χ2v) is 2.95. The highest BCUT2D eigenvalue weighted by molar-refractivity contribution is 5.62. The molecule has 0 spiro atoms. The van der Waals surface area contributed by atoms with Crippen LogP contribution in [-0.4, -0.2) is 16.2 Å². The van der Waals surface area contributed by atoms with E-state index in [0.29, 0.717) is 5.76 Å². The average molecular weight is 172 g/mol. The molecule has 12 heavy (non-hydrogen) atoms. The first-order valence-electron chi connectivity index (χ1n) is 4.11. The monoisotopic (exact) mass is 172 g/mol. The molecule has 0 radical (unpaired) electrons. The third kappa shape index (κ3) is 5.77. The predicted molar refractivity (Wildman–Crippen MR) is 47.1 cm³/mol. The van der Waals surface area contributed by atoms with Gasteiger partial charge in [0, 0.05) is 13.3 Å². The predicted octanol–water partition coefficient (Wildman–Crippen LogP) is 2.48. The zero-order valence-corrected chi connectivity index (χ0v) is 7.63. The van der Waals surface area contributed by atoms with Crippen molar-refractivity contribution >= 4 is 5.97 Å². The number of aliphatic hydroxyl groups excluding tert-OH is 1. The lowest BCUT2D eigenvalue weighted by Gasteiger charge is -2.10. The van der Waals surface area contributed by atoms with Crippen LogP contribution in [0.3, 0.4) is 0 Å². The van der Waals surface area contributed by atoms with Crippen molar-refractivity contribution < 1.29 is 15.0 Å². The third-order valence-electron chi connectivity index (χ3n) is 1.71. The van der Waals surface area contributed by atoms with Gasteiger partial charge in [0.15, 0.2) is 0 Å². The highest BCUT2D eigenvalue weighted by Crippen LogP contribution is 2.21. The second kappa shape index (κ2) is 5.63. The molecule has 0 saturated carbocycles. The third-order valence-corrected chi connectivity index (χ3v) is 1.71. The Morgan fingerprint density at radius 2 is 1.75 bits per heavy atom. The molecule has 0 atom stereocenters. The van der Waals surface area contributed by atoms with Gasteiger partial charge in [0.25, 0.3) is 5.97 Å². The molecule has 3 nitrogen and oxygen atoms in total. The molecule has 0 aliphatic heterocycles. The molecule has 0 aromatic carbocycles. The van der Waals surface area contributed by atoms with E-state index in [-0.39, 0.29) is 0 Å². The molecule has 3 heteroatoms. The Morgan fingerprint density at radius 3 is 2.00 bits per heavy atom. The zero-order valence-electron chi connectivity index (χ0n) is 7.63. The fraction of sp³-hybridized carbons (Fsp3) is 0.667. The minimum Gasteiger partial charge on any atom is -0.512 e. The summed E-state index contributed by atoms with van der Waals surface area (Å²) in [7, 11) is 0. The van der Waals surface area contributed by atoms with E-state index in [9.17, 15) is 0 Å². The van der Waals surface area contributed by atoms with Crippen LogP contribution in [0.2, 0.25) is 0 Å². The van der Waals surface area contributed by atoms with Gasteiger partial charge in [-0.05, 0) is 31.8 Å². The van der Waals surface area contributed by atoms with Crippen LogP contribution in [-0.2, 0) is 4.79 Å². The minimum atomic E-state index is -0.833. The SMILES string of the molecule is CC(=O)O.CC1=C(O)CCCC1. The second-order valence-electron chi connectivity index (χ2n) is 2.95. The maximum Gasteiger partial charge on any atom is 0.300 e. The van der Waals surface area contributed by atoms with E-state index in [1.165, 1.54) is 18.4 Å². The molecule has 0 amide bonds. The summed E-state index contributed by atoms with van der Waals surface area (Å²) in [5.74, 6) is -0.198. The van der Waals surface area contributed by atoms with Gasteiger partial charge in [0.2, 0.25) is 0 Å². The smallest absolute Gasteiger partial charge is 0.300 e. The van der Waals surface area contributed by atoms with E-state index in [0.717, 1.165) is 19.8 Å². The number of carboxylic acid groups (broad SMARTS) is 1. The number of aliphatic hydroxyl groups is 1. The van der Waals surface area contributed by atoms with Gasteiger partial charge in [-0.1, -0.05) is 0 Å². The minimum absolute atomic E-state index is 0.635. The summed E-state index contributed by atoms with van der Waals surface area (Å²) in [6, 6.07) is 0. The fourth-order valence-corrected chi connectivity index (χ4v) is 1.04. The maximum absolute atomic E-state index is 9.06. The topological polar surface area (TPSA) is 57.5 Å². The maximum atomic E-state index is 9.06. The lowest BCUT2D eigenvalue weighted by Crippen LogP contribution is -1.95. The zero-order chi connectivity index (χ0) is 9.56. The first kappa shape index (κ1) is 11.0. The van der Waals surface area contributed by atoms with E-state index >= 15 is 0 Å². The Bertz CT molecular complexity index is 164. The molecule has 0 saturated heterocycles. The van der Waals surface area contributed by atoms with Crippen molar-refractivity contribution in [2.75, 3.05) is 0 Å². The molecule has 1 rings (SSSR count). The summed E-state index contributed by atoms with van der Waals surface area (Å²) in [6.07, 6.45) is 4.44. The van der Waals surface area contributed by atoms with Gasteiger partial charge in [-0.25, -0.2) is 0 Å². The van der Waals surface area contributed by atoms with Crippen LogP contribution in [0.1, 0.15) is 39.5 Å².